The van der Waals surface area contributed by atoms with Gasteiger partial charge < -0.3 is 14.4 Å². The summed E-state index contributed by atoms with van der Waals surface area (Å²) in [5, 5.41) is 12.5. The van der Waals surface area contributed by atoms with Gasteiger partial charge in [0.15, 0.2) is 0 Å². The second-order valence-electron chi connectivity index (χ2n) is 10.6. The molecule has 0 aliphatic carbocycles. The van der Waals surface area contributed by atoms with Crippen LogP contribution in [0.5, 0.6) is 0 Å². The zero-order valence-corrected chi connectivity index (χ0v) is 23.1. The molecule has 1 atom stereocenters. The van der Waals surface area contributed by atoms with Crippen molar-refractivity contribution in [2.75, 3.05) is 31.1 Å². The van der Waals surface area contributed by atoms with E-state index in [1.807, 2.05) is 70.6 Å². The molecule has 0 radical (unpaired) electrons. The van der Waals surface area contributed by atoms with E-state index in [2.05, 4.69) is 16.7 Å². The highest BCUT2D eigenvalue weighted by atomic mass is 19.1. The van der Waals surface area contributed by atoms with Crippen molar-refractivity contribution < 1.29 is 14.1 Å². The zero-order chi connectivity index (χ0) is 29.1. The van der Waals surface area contributed by atoms with Crippen LogP contribution in [0.1, 0.15) is 29.0 Å². The number of piperazine rings is 1. The van der Waals surface area contributed by atoms with E-state index in [1.165, 1.54) is 12.1 Å². The molecule has 2 heterocycles. The molecule has 1 saturated heterocycles. The van der Waals surface area contributed by atoms with E-state index >= 15 is 0 Å². The first-order valence-corrected chi connectivity index (χ1v) is 14.1. The molecule has 6 rings (SSSR count). The maximum Gasteiger partial charge on any atom is 0.270 e. The van der Waals surface area contributed by atoms with Crippen LogP contribution in [-0.4, -0.2) is 46.5 Å². The molecule has 1 fully saturated rings. The minimum atomic E-state index is -0.379. The third-order valence-corrected chi connectivity index (χ3v) is 8.08. The molecule has 7 nitrogen and oxygen atoms in total. The van der Waals surface area contributed by atoms with Gasteiger partial charge in [0.05, 0.1) is 10.6 Å². The van der Waals surface area contributed by atoms with Crippen LogP contribution in [0.4, 0.5) is 15.8 Å². The number of para-hydroxylation sites is 1. The summed E-state index contributed by atoms with van der Waals surface area (Å²) in [6.45, 7) is 2.69. The number of nitro benzene ring substituents is 1. The average molecular weight is 563 g/mol. The Balaban J connectivity index is 1.33. The molecule has 8 heteroatoms. The summed E-state index contributed by atoms with van der Waals surface area (Å²) in [4.78, 5) is 29.0. The Bertz CT molecular complexity index is 1710. The van der Waals surface area contributed by atoms with Crippen LogP contribution >= 0.6 is 0 Å². The number of nitrogens with zero attached hydrogens (tertiary/aromatic N) is 4. The van der Waals surface area contributed by atoms with E-state index in [0.717, 1.165) is 27.6 Å². The minimum Gasteiger partial charge on any atom is -0.366 e. The predicted octanol–water partition coefficient (Wildman–Crippen LogP) is 6.61. The van der Waals surface area contributed by atoms with Crippen molar-refractivity contribution in [3.05, 3.63) is 142 Å². The van der Waals surface area contributed by atoms with Crippen LogP contribution in [0, 0.1) is 15.9 Å². The quantitative estimate of drug-likeness (QED) is 0.158. The topological polar surface area (TPSA) is 71.6 Å². The van der Waals surface area contributed by atoms with E-state index in [1.54, 1.807) is 24.3 Å². The third-order valence-electron chi connectivity index (χ3n) is 8.08. The van der Waals surface area contributed by atoms with Gasteiger partial charge >= 0.3 is 0 Å². The number of non-ortho nitro benzene ring substituents is 1. The summed E-state index contributed by atoms with van der Waals surface area (Å²) in [6, 6.07) is 31.6. The van der Waals surface area contributed by atoms with Gasteiger partial charge in [-0.05, 0) is 34.9 Å². The first kappa shape index (κ1) is 27.2. The molecule has 212 valence electrons. The summed E-state index contributed by atoms with van der Waals surface area (Å²) in [5.74, 6) is -0.557. The van der Waals surface area contributed by atoms with E-state index in [-0.39, 0.29) is 34.7 Å². The Morgan fingerprint density at radius 3 is 2.21 bits per heavy atom. The van der Waals surface area contributed by atoms with E-state index in [9.17, 15) is 19.3 Å². The van der Waals surface area contributed by atoms with Crippen LogP contribution < -0.4 is 4.90 Å². The molecule has 1 aromatic heterocycles. The summed E-state index contributed by atoms with van der Waals surface area (Å²) >= 11 is 0. The fourth-order valence-electron chi connectivity index (χ4n) is 5.92. The molecule has 0 saturated carbocycles. The number of carbonyl (C=O) groups excluding carboxylic acids is 1. The van der Waals surface area contributed by atoms with E-state index in [0.29, 0.717) is 38.4 Å². The molecular weight excluding hydrogens is 531 g/mol. The van der Waals surface area contributed by atoms with Gasteiger partial charge in [0.1, 0.15) is 5.82 Å². The van der Waals surface area contributed by atoms with Gasteiger partial charge in [0.2, 0.25) is 5.91 Å². The van der Waals surface area contributed by atoms with Crippen LogP contribution in [0.2, 0.25) is 0 Å². The lowest BCUT2D eigenvalue weighted by atomic mass is 9.87. The van der Waals surface area contributed by atoms with Crippen molar-refractivity contribution in [1.29, 1.82) is 0 Å². The molecule has 1 aliphatic rings. The summed E-state index contributed by atoms with van der Waals surface area (Å²) in [5.41, 5.74) is 4.42. The maximum atomic E-state index is 14.4. The molecule has 0 unspecified atom stereocenters. The van der Waals surface area contributed by atoms with Crippen molar-refractivity contribution in [3.8, 4) is 0 Å². The monoisotopic (exact) mass is 562 g/mol. The van der Waals surface area contributed by atoms with Crippen molar-refractivity contribution >= 4 is 28.2 Å². The molecule has 0 N–H and O–H groups in total. The lowest BCUT2D eigenvalue weighted by Gasteiger charge is -2.36. The van der Waals surface area contributed by atoms with Gasteiger partial charge in [-0.25, -0.2) is 4.39 Å². The fraction of sp³-hybridized carbons (Fsp3) is 0.206. The van der Waals surface area contributed by atoms with Gasteiger partial charge in [-0.15, -0.1) is 0 Å². The number of halogens is 1. The molecule has 0 spiro atoms. The Morgan fingerprint density at radius 1 is 0.857 bits per heavy atom. The van der Waals surface area contributed by atoms with Crippen molar-refractivity contribution in [2.24, 2.45) is 0 Å². The average Bonchev–Trinajstić information content (AvgIpc) is 3.38. The van der Waals surface area contributed by atoms with Crippen molar-refractivity contribution in [2.45, 2.75) is 18.9 Å². The fourth-order valence-corrected chi connectivity index (χ4v) is 5.92. The third kappa shape index (κ3) is 5.61. The van der Waals surface area contributed by atoms with Gasteiger partial charge in [0.25, 0.3) is 5.69 Å². The van der Waals surface area contributed by atoms with Crippen molar-refractivity contribution in [3.63, 3.8) is 0 Å². The van der Waals surface area contributed by atoms with Gasteiger partial charge in [-0.2, -0.15) is 0 Å². The standard InChI is InChI=1S/C34H31FN4O3/c35-31-13-7-8-14-33(31)36-17-19-37(20-18-36)34(40)22-28(26-11-5-2-6-12-26)30-24-38(23-25-9-3-1-4-10-25)32-16-15-27(39(41)42)21-29(30)32/h1-16,21,24,28H,17-20,22-23H2/t28-/m0/s1. The molecular formula is C34H31FN4O3. The highest BCUT2D eigenvalue weighted by Crippen LogP contribution is 2.37. The molecule has 0 bridgehead atoms. The largest absolute Gasteiger partial charge is 0.366 e. The number of benzene rings is 4. The highest BCUT2D eigenvalue weighted by molar-refractivity contribution is 5.88. The Morgan fingerprint density at radius 2 is 1.52 bits per heavy atom. The number of hydrogen-bond acceptors (Lipinski definition) is 4. The number of hydrogen-bond donors (Lipinski definition) is 0. The number of anilines is 1. The van der Waals surface area contributed by atoms with Crippen molar-refractivity contribution in [1.82, 2.24) is 9.47 Å². The van der Waals surface area contributed by atoms with Crippen LogP contribution in [0.15, 0.2) is 109 Å². The van der Waals surface area contributed by atoms with Gasteiger partial charge in [0, 0.05) is 74.3 Å². The molecule has 1 amide bonds. The van der Waals surface area contributed by atoms with Crippen LogP contribution in [0.25, 0.3) is 10.9 Å². The second-order valence-corrected chi connectivity index (χ2v) is 10.6. The first-order valence-electron chi connectivity index (χ1n) is 14.1. The van der Waals surface area contributed by atoms with E-state index < -0.39 is 0 Å². The van der Waals surface area contributed by atoms with Gasteiger partial charge in [-0.1, -0.05) is 72.8 Å². The summed E-state index contributed by atoms with van der Waals surface area (Å²) < 4.78 is 16.5. The normalized spacial score (nSPS) is 14.2. The first-order chi connectivity index (χ1) is 20.5. The Hall–Kier alpha value is -4.98. The maximum absolute atomic E-state index is 14.4. The number of fused-ring (bicyclic) bond motifs is 1. The van der Waals surface area contributed by atoms with Gasteiger partial charge in [-0.3, -0.25) is 14.9 Å². The lowest BCUT2D eigenvalue weighted by Crippen LogP contribution is -2.49. The summed E-state index contributed by atoms with van der Waals surface area (Å²) in [7, 11) is 0. The second kappa shape index (κ2) is 11.9. The lowest BCUT2D eigenvalue weighted by molar-refractivity contribution is -0.384. The number of rotatable bonds is 8. The van der Waals surface area contributed by atoms with E-state index in [4.69, 9.17) is 0 Å². The predicted molar refractivity (Wildman–Crippen MR) is 162 cm³/mol. The van der Waals surface area contributed by atoms with Crippen LogP contribution in [-0.2, 0) is 11.3 Å². The number of nitro groups is 1. The number of amides is 1. The number of aromatic nitrogens is 1. The summed E-state index contributed by atoms with van der Waals surface area (Å²) in [6.07, 6.45) is 2.26. The molecule has 4 aromatic carbocycles. The number of carbonyl (C=O) groups is 1. The molecule has 1 aliphatic heterocycles. The highest BCUT2D eigenvalue weighted by Gasteiger charge is 2.28. The Kier molecular flexibility index (Phi) is 7.68. The minimum absolute atomic E-state index is 0.00595. The molecule has 42 heavy (non-hydrogen) atoms. The smallest absolute Gasteiger partial charge is 0.270 e. The SMILES string of the molecule is O=C(C[C@@H](c1ccccc1)c1cn(Cc2ccccc2)c2ccc([N+](=O)[O-])cc12)N1CCN(c2ccccc2F)CC1. The zero-order valence-electron chi connectivity index (χ0n) is 23.1. The molecule has 5 aromatic rings. The van der Waals surface area contributed by atoms with Crippen LogP contribution in [0.3, 0.4) is 0 Å². The Labute approximate surface area is 243 Å².